The summed E-state index contributed by atoms with van der Waals surface area (Å²) in [5, 5.41) is 0. The number of hydrogen-bond donors (Lipinski definition) is 0. The maximum absolute atomic E-state index is 13.8. The van der Waals surface area contributed by atoms with Gasteiger partial charge in [0.1, 0.15) is 5.82 Å². The molecule has 4 heteroatoms. The third-order valence-corrected chi connectivity index (χ3v) is 3.56. The van der Waals surface area contributed by atoms with Crippen molar-refractivity contribution >= 4 is 11.5 Å². The van der Waals surface area contributed by atoms with Gasteiger partial charge >= 0.3 is 0 Å². The van der Waals surface area contributed by atoms with E-state index in [9.17, 15) is 9.18 Å². The van der Waals surface area contributed by atoms with Crippen LogP contribution < -0.4 is 4.90 Å². The van der Waals surface area contributed by atoms with E-state index >= 15 is 0 Å². The van der Waals surface area contributed by atoms with Crippen LogP contribution in [-0.4, -0.2) is 31.6 Å². The molecule has 3 nitrogen and oxygen atoms in total. The Morgan fingerprint density at radius 1 is 1.50 bits per heavy atom. The Balaban J connectivity index is 2.38. The number of ether oxygens (including phenoxy) is 1. The molecule has 2 atom stereocenters. The minimum atomic E-state index is -0.460. The number of Topliss-reactive ketones (excluding diaryl/α,β-unsaturated/α-hetero) is 1. The highest BCUT2D eigenvalue weighted by atomic mass is 19.1. The highest BCUT2D eigenvalue weighted by Crippen LogP contribution is 2.28. The van der Waals surface area contributed by atoms with Gasteiger partial charge in [-0.05, 0) is 32.4 Å². The van der Waals surface area contributed by atoms with E-state index in [4.69, 9.17) is 4.74 Å². The monoisotopic (exact) mass is 251 g/mol. The number of benzene rings is 1. The number of ketones is 1. The van der Waals surface area contributed by atoms with E-state index < -0.39 is 5.82 Å². The van der Waals surface area contributed by atoms with E-state index in [1.54, 1.807) is 12.1 Å². The van der Waals surface area contributed by atoms with Crippen LogP contribution in [0.2, 0.25) is 0 Å². The molecule has 1 aliphatic heterocycles. The molecular weight excluding hydrogens is 233 g/mol. The first-order chi connectivity index (χ1) is 8.52. The predicted octanol–water partition coefficient (Wildman–Crippen LogP) is 2.64. The first kappa shape index (κ1) is 13.0. The van der Waals surface area contributed by atoms with E-state index in [-0.39, 0.29) is 23.5 Å². The molecule has 18 heavy (non-hydrogen) atoms. The minimum Gasteiger partial charge on any atom is -0.376 e. The van der Waals surface area contributed by atoms with Gasteiger partial charge in [0, 0.05) is 13.7 Å². The molecule has 0 aliphatic carbocycles. The van der Waals surface area contributed by atoms with Crippen LogP contribution in [0.15, 0.2) is 18.2 Å². The predicted molar refractivity (Wildman–Crippen MR) is 68.6 cm³/mol. The molecule has 2 rings (SSSR count). The molecule has 0 spiro atoms. The lowest BCUT2D eigenvalue weighted by atomic mass is 10.0. The molecule has 0 bridgehead atoms. The second-order valence-electron chi connectivity index (χ2n) is 4.73. The molecule has 1 saturated heterocycles. The van der Waals surface area contributed by atoms with E-state index in [0.717, 1.165) is 6.42 Å². The van der Waals surface area contributed by atoms with Gasteiger partial charge in [-0.2, -0.15) is 0 Å². The first-order valence-electron chi connectivity index (χ1n) is 6.16. The van der Waals surface area contributed by atoms with Crippen LogP contribution in [0.25, 0.3) is 0 Å². The minimum absolute atomic E-state index is 0.0954. The van der Waals surface area contributed by atoms with Crippen molar-refractivity contribution in [2.24, 2.45) is 0 Å². The number of hydrogen-bond acceptors (Lipinski definition) is 3. The Labute approximate surface area is 107 Å². The smallest absolute Gasteiger partial charge is 0.164 e. The molecule has 1 heterocycles. The fourth-order valence-electron chi connectivity index (χ4n) is 2.56. The Kier molecular flexibility index (Phi) is 3.66. The van der Waals surface area contributed by atoms with Gasteiger partial charge in [0.15, 0.2) is 5.78 Å². The summed E-state index contributed by atoms with van der Waals surface area (Å²) >= 11 is 0. The zero-order valence-corrected chi connectivity index (χ0v) is 10.9. The van der Waals surface area contributed by atoms with Crippen LogP contribution >= 0.6 is 0 Å². The second kappa shape index (κ2) is 5.06. The van der Waals surface area contributed by atoms with Crippen LogP contribution in [0.1, 0.15) is 30.6 Å². The molecule has 2 unspecified atom stereocenters. The van der Waals surface area contributed by atoms with Gasteiger partial charge in [-0.25, -0.2) is 4.39 Å². The summed E-state index contributed by atoms with van der Waals surface area (Å²) in [5.41, 5.74) is 0.809. The number of rotatable bonds is 3. The maximum Gasteiger partial charge on any atom is 0.164 e. The fourth-order valence-corrected chi connectivity index (χ4v) is 2.56. The molecular formula is C14H18FNO2. The van der Waals surface area contributed by atoms with Crippen molar-refractivity contribution in [2.75, 3.05) is 18.6 Å². The zero-order chi connectivity index (χ0) is 13.3. The van der Waals surface area contributed by atoms with Gasteiger partial charge < -0.3 is 9.64 Å². The van der Waals surface area contributed by atoms with Gasteiger partial charge in [-0.15, -0.1) is 0 Å². The van der Waals surface area contributed by atoms with Gasteiger partial charge in [0.05, 0.1) is 23.4 Å². The van der Waals surface area contributed by atoms with Crippen LogP contribution in [0.3, 0.4) is 0 Å². The summed E-state index contributed by atoms with van der Waals surface area (Å²) in [6.45, 7) is 4.10. The Morgan fingerprint density at radius 2 is 2.22 bits per heavy atom. The van der Waals surface area contributed by atoms with E-state index in [2.05, 4.69) is 0 Å². The normalized spacial score (nSPS) is 23.1. The average Bonchev–Trinajstić information content (AvgIpc) is 2.73. The van der Waals surface area contributed by atoms with Crippen LogP contribution in [0, 0.1) is 5.82 Å². The summed E-state index contributed by atoms with van der Waals surface area (Å²) in [4.78, 5) is 13.5. The zero-order valence-electron chi connectivity index (χ0n) is 10.9. The van der Waals surface area contributed by atoms with Gasteiger partial charge in [-0.1, -0.05) is 6.07 Å². The first-order valence-corrected chi connectivity index (χ1v) is 6.16. The molecule has 0 amide bonds. The summed E-state index contributed by atoms with van der Waals surface area (Å²) in [5.74, 6) is -0.708. The van der Waals surface area contributed by atoms with Gasteiger partial charge in [0.2, 0.25) is 0 Å². The lowest BCUT2D eigenvalue weighted by molar-refractivity contribution is 0.101. The van der Waals surface area contributed by atoms with Gasteiger partial charge in [-0.3, -0.25) is 4.79 Å². The third kappa shape index (κ3) is 2.25. The lowest BCUT2D eigenvalue weighted by Gasteiger charge is -2.30. The molecule has 0 saturated carbocycles. The quantitative estimate of drug-likeness (QED) is 0.773. The summed E-state index contributed by atoms with van der Waals surface area (Å²) in [6.07, 6.45) is 0.990. The van der Waals surface area contributed by atoms with Crippen molar-refractivity contribution in [1.29, 1.82) is 0 Å². The third-order valence-electron chi connectivity index (χ3n) is 3.56. The van der Waals surface area contributed by atoms with E-state index in [1.807, 2.05) is 18.9 Å². The van der Waals surface area contributed by atoms with E-state index in [1.165, 1.54) is 13.0 Å². The maximum atomic E-state index is 13.8. The van der Waals surface area contributed by atoms with Crippen LogP contribution in [-0.2, 0) is 4.74 Å². The topological polar surface area (TPSA) is 29.5 Å². The molecule has 1 aliphatic rings. The number of anilines is 1. The summed E-state index contributed by atoms with van der Waals surface area (Å²) in [7, 11) is 1.89. The van der Waals surface area contributed by atoms with Crippen molar-refractivity contribution in [3.63, 3.8) is 0 Å². The average molecular weight is 251 g/mol. The largest absolute Gasteiger partial charge is 0.376 e. The van der Waals surface area contributed by atoms with Crippen molar-refractivity contribution < 1.29 is 13.9 Å². The van der Waals surface area contributed by atoms with Gasteiger partial charge in [0.25, 0.3) is 0 Å². The Bertz CT molecular complexity index is 461. The second-order valence-corrected chi connectivity index (χ2v) is 4.73. The molecule has 0 radical (unpaired) electrons. The fraction of sp³-hybridized carbons (Fsp3) is 0.500. The van der Waals surface area contributed by atoms with E-state index in [0.29, 0.717) is 12.3 Å². The molecule has 1 aromatic rings. The number of carbonyl (C=O) groups is 1. The Morgan fingerprint density at radius 3 is 2.78 bits per heavy atom. The molecule has 98 valence electrons. The standard InChI is InChI=1S/C14H18FNO2/c1-9(17)14-11(15)5-4-6-13(14)16(3)12-7-8-18-10(12)2/h4-6,10,12H,7-8H2,1-3H3. The Hall–Kier alpha value is -1.42. The lowest BCUT2D eigenvalue weighted by Crippen LogP contribution is -2.37. The number of nitrogens with zero attached hydrogens (tertiary/aromatic N) is 1. The number of likely N-dealkylation sites (N-methyl/N-ethyl adjacent to an activating group) is 1. The van der Waals surface area contributed by atoms with Crippen LogP contribution in [0.4, 0.5) is 10.1 Å². The molecule has 0 N–H and O–H groups in total. The van der Waals surface area contributed by atoms with Crippen molar-refractivity contribution in [1.82, 2.24) is 0 Å². The molecule has 1 aromatic carbocycles. The highest BCUT2D eigenvalue weighted by molar-refractivity contribution is 6.00. The number of halogens is 1. The van der Waals surface area contributed by atoms with Crippen molar-refractivity contribution in [2.45, 2.75) is 32.4 Å². The summed E-state index contributed by atoms with van der Waals surface area (Å²) in [6, 6.07) is 4.92. The molecule has 1 fully saturated rings. The van der Waals surface area contributed by atoms with Crippen LogP contribution in [0.5, 0.6) is 0 Å². The van der Waals surface area contributed by atoms with Crippen molar-refractivity contribution in [3.05, 3.63) is 29.6 Å². The highest BCUT2D eigenvalue weighted by Gasteiger charge is 2.30. The van der Waals surface area contributed by atoms with Crippen molar-refractivity contribution in [3.8, 4) is 0 Å². The summed E-state index contributed by atoms with van der Waals surface area (Å²) < 4.78 is 19.3. The number of carbonyl (C=O) groups excluding carboxylic acids is 1. The molecule has 0 aromatic heterocycles. The SMILES string of the molecule is CC(=O)c1c(F)cccc1N(C)C1CCOC1C.